The minimum absolute atomic E-state index is 0.685. The Kier molecular flexibility index (Phi) is 2.34. The van der Waals surface area contributed by atoms with E-state index in [0.717, 1.165) is 5.69 Å². The van der Waals surface area contributed by atoms with Crippen LogP contribution >= 0.6 is 0 Å². The van der Waals surface area contributed by atoms with E-state index in [-0.39, 0.29) is 0 Å². The fourth-order valence-electron chi connectivity index (χ4n) is 1.60. The molecule has 0 saturated heterocycles. The SMILES string of the molecule is c1ccc(-n2cnnc2-c2cnccn2)cc1. The van der Waals surface area contributed by atoms with Gasteiger partial charge in [-0.25, -0.2) is 4.98 Å². The van der Waals surface area contributed by atoms with Crippen molar-refractivity contribution in [2.24, 2.45) is 0 Å². The molecule has 0 N–H and O–H groups in total. The molecule has 0 bridgehead atoms. The molecular formula is C12H9N5. The Morgan fingerprint density at radius 2 is 1.88 bits per heavy atom. The summed E-state index contributed by atoms with van der Waals surface area (Å²) in [6.07, 6.45) is 6.61. The van der Waals surface area contributed by atoms with Crippen LogP contribution in [0.5, 0.6) is 0 Å². The summed E-state index contributed by atoms with van der Waals surface area (Å²) in [6.45, 7) is 0. The third kappa shape index (κ3) is 1.78. The zero-order chi connectivity index (χ0) is 11.5. The van der Waals surface area contributed by atoms with Gasteiger partial charge in [0.05, 0.1) is 6.20 Å². The minimum Gasteiger partial charge on any atom is -0.280 e. The predicted molar refractivity (Wildman–Crippen MR) is 62.4 cm³/mol. The molecule has 0 atom stereocenters. The first-order chi connectivity index (χ1) is 8.45. The van der Waals surface area contributed by atoms with Crippen LogP contribution in [0.4, 0.5) is 0 Å². The lowest BCUT2D eigenvalue weighted by Gasteiger charge is -2.04. The van der Waals surface area contributed by atoms with E-state index in [1.807, 2.05) is 34.9 Å². The molecule has 0 aliphatic carbocycles. The molecule has 0 fully saturated rings. The van der Waals surface area contributed by atoms with E-state index in [2.05, 4.69) is 20.2 Å². The summed E-state index contributed by atoms with van der Waals surface area (Å²) in [5, 5.41) is 7.99. The fourth-order valence-corrected chi connectivity index (χ4v) is 1.60. The number of hydrogen-bond donors (Lipinski definition) is 0. The first-order valence-electron chi connectivity index (χ1n) is 5.17. The van der Waals surface area contributed by atoms with Gasteiger partial charge < -0.3 is 0 Å². The highest BCUT2D eigenvalue weighted by atomic mass is 15.3. The fraction of sp³-hybridized carbons (Fsp3) is 0. The van der Waals surface area contributed by atoms with Crippen molar-refractivity contribution in [3.8, 4) is 17.2 Å². The number of nitrogens with zero attached hydrogens (tertiary/aromatic N) is 5. The molecule has 82 valence electrons. The molecule has 1 aromatic carbocycles. The molecule has 0 unspecified atom stereocenters. The third-order valence-electron chi connectivity index (χ3n) is 2.37. The maximum absolute atomic E-state index is 4.22. The molecule has 0 spiro atoms. The van der Waals surface area contributed by atoms with Gasteiger partial charge in [-0.2, -0.15) is 0 Å². The van der Waals surface area contributed by atoms with Gasteiger partial charge in [0.15, 0.2) is 5.82 Å². The highest BCUT2D eigenvalue weighted by molar-refractivity contribution is 5.51. The van der Waals surface area contributed by atoms with Crippen LogP contribution in [0.2, 0.25) is 0 Å². The minimum atomic E-state index is 0.685. The highest BCUT2D eigenvalue weighted by Crippen LogP contribution is 2.16. The number of aromatic nitrogens is 5. The van der Waals surface area contributed by atoms with Crippen molar-refractivity contribution in [3.63, 3.8) is 0 Å². The van der Waals surface area contributed by atoms with Gasteiger partial charge in [-0.15, -0.1) is 10.2 Å². The van der Waals surface area contributed by atoms with Crippen LogP contribution in [-0.2, 0) is 0 Å². The summed E-state index contributed by atoms with van der Waals surface area (Å²) < 4.78 is 1.88. The Hall–Kier alpha value is -2.56. The van der Waals surface area contributed by atoms with Gasteiger partial charge in [0.25, 0.3) is 0 Å². The lowest BCUT2D eigenvalue weighted by atomic mass is 10.3. The quantitative estimate of drug-likeness (QED) is 0.663. The summed E-state index contributed by atoms with van der Waals surface area (Å²) in [5.74, 6) is 0.685. The third-order valence-corrected chi connectivity index (χ3v) is 2.37. The van der Waals surface area contributed by atoms with Crippen molar-refractivity contribution in [2.45, 2.75) is 0 Å². The van der Waals surface area contributed by atoms with E-state index in [1.165, 1.54) is 0 Å². The predicted octanol–water partition coefficient (Wildman–Crippen LogP) is 1.72. The maximum Gasteiger partial charge on any atom is 0.188 e. The summed E-state index contributed by atoms with van der Waals surface area (Å²) >= 11 is 0. The van der Waals surface area contributed by atoms with Gasteiger partial charge in [0.2, 0.25) is 0 Å². The molecule has 2 aromatic heterocycles. The van der Waals surface area contributed by atoms with Crippen LogP contribution in [0.3, 0.4) is 0 Å². The molecule has 17 heavy (non-hydrogen) atoms. The van der Waals surface area contributed by atoms with E-state index >= 15 is 0 Å². The van der Waals surface area contributed by atoms with Crippen LogP contribution < -0.4 is 0 Å². The maximum atomic E-state index is 4.22. The van der Waals surface area contributed by atoms with Crippen molar-refractivity contribution in [3.05, 3.63) is 55.2 Å². The zero-order valence-corrected chi connectivity index (χ0v) is 8.93. The van der Waals surface area contributed by atoms with Crippen molar-refractivity contribution >= 4 is 0 Å². The van der Waals surface area contributed by atoms with Crippen LogP contribution in [0.1, 0.15) is 0 Å². The van der Waals surface area contributed by atoms with Crippen LogP contribution in [0.25, 0.3) is 17.2 Å². The summed E-state index contributed by atoms with van der Waals surface area (Å²) in [7, 11) is 0. The first kappa shape index (κ1) is 9.65. The second kappa shape index (κ2) is 4.13. The molecule has 3 aromatic rings. The summed E-state index contributed by atoms with van der Waals surface area (Å²) in [5.41, 5.74) is 1.70. The lowest BCUT2D eigenvalue weighted by molar-refractivity contribution is 1.04. The Morgan fingerprint density at radius 3 is 2.65 bits per heavy atom. The average molecular weight is 223 g/mol. The Labute approximate surface area is 97.8 Å². The average Bonchev–Trinajstić information content (AvgIpc) is 2.90. The largest absolute Gasteiger partial charge is 0.280 e. The highest BCUT2D eigenvalue weighted by Gasteiger charge is 2.09. The van der Waals surface area contributed by atoms with E-state index in [0.29, 0.717) is 11.5 Å². The Morgan fingerprint density at radius 1 is 1.00 bits per heavy atom. The van der Waals surface area contributed by atoms with Gasteiger partial charge in [-0.3, -0.25) is 9.55 Å². The molecule has 0 aliphatic heterocycles. The van der Waals surface area contributed by atoms with Crippen molar-refractivity contribution in [2.75, 3.05) is 0 Å². The molecule has 0 saturated carbocycles. The first-order valence-corrected chi connectivity index (χ1v) is 5.17. The number of rotatable bonds is 2. The topological polar surface area (TPSA) is 56.5 Å². The molecule has 2 heterocycles. The Bertz CT molecular complexity index is 549. The van der Waals surface area contributed by atoms with E-state index in [1.54, 1.807) is 24.9 Å². The van der Waals surface area contributed by atoms with Gasteiger partial charge in [0.1, 0.15) is 12.0 Å². The molecule has 5 heteroatoms. The van der Waals surface area contributed by atoms with Crippen LogP contribution in [-0.4, -0.2) is 24.7 Å². The second-order valence-corrected chi connectivity index (χ2v) is 3.45. The van der Waals surface area contributed by atoms with Crippen molar-refractivity contribution in [1.82, 2.24) is 24.7 Å². The number of hydrogen-bond acceptors (Lipinski definition) is 4. The molecule has 5 nitrogen and oxygen atoms in total. The number of benzene rings is 1. The summed E-state index contributed by atoms with van der Waals surface area (Å²) in [4.78, 5) is 8.25. The Balaban J connectivity index is 2.13. The monoisotopic (exact) mass is 223 g/mol. The van der Waals surface area contributed by atoms with E-state index < -0.39 is 0 Å². The molecule has 0 amide bonds. The van der Waals surface area contributed by atoms with Crippen molar-refractivity contribution in [1.29, 1.82) is 0 Å². The van der Waals surface area contributed by atoms with Gasteiger partial charge >= 0.3 is 0 Å². The summed E-state index contributed by atoms with van der Waals surface area (Å²) in [6, 6.07) is 9.88. The van der Waals surface area contributed by atoms with Gasteiger partial charge in [-0.05, 0) is 12.1 Å². The van der Waals surface area contributed by atoms with Gasteiger partial charge in [0, 0.05) is 18.1 Å². The normalized spacial score (nSPS) is 10.4. The number of para-hydroxylation sites is 1. The second-order valence-electron chi connectivity index (χ2n) is 3.45. The smallest absolute Gasteiger partial charge is 0.188 e. The lowest BCUT2D eigenvalue weighted by Crippen LogP contribution is -1.97. The molecular weight excluding hydrogens is 214 g/mol. The molecule has 0 aliphatic rings. The van der Waals surface area contributed by atoms with Crippen LogP contribution in [0.15, 0.2) is 55.2 Å². The van der Waals surface area contributed by atoms with E-state index in [4.69, 9.17) is 0 Å². The van der Waals surface area contributed by atoms with Crippen molar-refractivity contribution < 1.29 is 0 Å². The molecule has 0 radical (unpaired) electrons. The molecule has 3 rings (SSSR count). The van der Waals surface area contributed by atoms with Gasteiger partial charge in [-0.1, -0.05) is 18.2 Å². The van der Waals surface area contributed by atoms with E-state index in [9.17, 15) is 0 Å². The zero-order valence-electron chi connectivity index (χ0n) is 8.93. The van der Waals surface area contributed by atoms with Crippen LogP contribution in [0, 0.1) is 0 Å². The standard InChI is InChI=1S/C12H9N5/c1-2-4-10(5-3-1)17-9-15-16-12(17)11-8-13-6-7-14-11/h1-9H.